The number of aliphatic hydroxyl groups excluding tert-OH is 1. The molecule has 0 spiro atoms. The summed E-state index contributed by atoms with van der Waals surface area (Å²) in [5, 5.41) is 9.61. The lowest BCUT2D eigenvalue weighted by Crippen LogP contribution is -2.06. The lowest BCUT2D eigenvalue weighted by molar-refractivity contribution is 0.169. The molecule has 0 aromatic heterocycles. The van der Waals surface area contributed by atoms with Crippen molar-refractivity contribution >= 4 is 22.9 Å². The zero-order valence-electron chi connectivity index (χ0n) is 6.70. The fourth-order valence-electron chi connectivity index (χ4n) is 1.03. The van der Waals surface area contributed by atoms with E-state index in [1.807, 2.05) is 30.3 Å². The largest absolute Gasteiger partial charge is 0.388 e. The SMILES string of the molecule is OC(CCNI)c1ccccc1. The molecule has 1 unspecified atom stereocenters. The van der Waals surface area contributed by atoms with Crippen molar-refractivity contribution in [2.45, 2.75) is 12.5 Å². The summed E-state index contributed by atoms with van der Waals surface area (Å²) in [4.78, 5) is 0. The highest BCUT2D eigenvalue weighted by molar-refractivity contribution is 14.1. The van der Waals surface area contributed by atoms with Crippen LogP contribution >= 0.6 is 22.9 Å². The molecule has 1 rings (SSSR count). The van der Waals surface area contributed by atoms with Gasteiger partial charge in [-0.25, -0.2) is 0 Å². The minimum Gasteiger partial charge on any atom is -0.388 e. The van der Waals surface area contributed by atoms with E-state index in [2.05, 4.69) is 26.4 Å². The summed E-state index contributed by atoms with van der Waals surface area (Å²) in [5.41, 5.74) is 0.990. The molecule has 2 nitrogen and oxygen atoms in total. The summed E-state index contributed by atoms with van der Waals surface area (Å²) in [7, 11) is 0. The van der Waals surface area contributed by atoms with Gasteiger partial charge in [0.2, 0.25) is 0 Å². The van der Waals surface area contributed by atoms with Gasteiger partial charge in [0.05, 0.1) is 6.10 Å². The minimum atomic E-state index is -0.339. The summed E-state index contributed by atoms with van der Waals surface area (Å²) >= 11 is 2.08. The summed E-state index contributed by atoms with van der Waals surface area (Å²) in [5.74, 6) is 0. The van der Waals surface area contributed by atoms with Gasteiger partial charge in [-0.3, -0.25) is 3.53 Å². The second kappa shape index (κ2) is 5.50. The van der Waals surface area contributed by atoms with Gasteiger partial charge in [0, 0.05) is 29.4 Å². The van der Waals surface area contributed by atoms with Crippen LogP contribution in [0.2, 0.25) is 0 Å². The van der Waals surface area contributed by atoms with Gasteiger partial charge in [0.1, 0.15) is 0 Å². The summed E-state index contributed by atoms with van der Waals surface area (Å²) in [6, 6.07) is 9.72. The van der Waals surface area contributed by atoms with Gasteiger partial charge < -0.3 is 5.11 Å². The second-order valence-electron chi connectivity index (χ2n) is 2.60. The molecule has 0 aliphatic rings. The van der Waals surface area contributed by atoms with Gasteiger partial charge >= 0.3 is 0 Å². The van der Waals surface area contributed by atoms with E-state index in [-0.39, 0.29) is 6.10 Å². The first-order chi connectivity index (χ1) is 5.84. The zero-order chi connectivity index (χ0) is 8.81. The summed E-state index contributed by atoms with van der Waals surface area (Å²) < 4.78 is 2.98. The van der Waals surface area contributed by atoms with Crippen molar-refractivity contribution in [2.24, 2.45) is 0 Å². The van der Waals surface area contributed by atoms with Crippen LogP contribution in [-0.4, -0.2) is 11.7 Å². The molecule has 0 heterocycles. The van der Waals surface area contributed by atoms with Crippen molar-refractivity contribution in [3.63, 3.8) is 0 Å². The zero-order valence-corrected chi connectivity index (χ0v) is 8.86. The quantitative estimate of drug-likeness (QED) is 0.652. The highest BCUT2D eigenvalue weighted by Crippen LogP contribution is 2.14. The molecule has 0 aliphatic carbocycles. The molecule has 0 saturated heterocycles. The van der Waals surface area contributed by atoms with Crippen LogP contribution in [-0.2, 0) is 0 Å². The maximum Gasteiger partial charge on any atom is 0.0802 e. The number of hydrogen-bond acceptors (Lipinski definition) is 2. The first-order valence-corrected chi connectivity index (χ1v) is 4.99. The third-order valence-corrected chi connectivity index (χ3v) is 2.24. The Hall–Kier alpha value is -0.130. The summed E-state index contributed by atoms with van der Waals surface area (Å²) in [6.45, 7) is 0.830. The van der Waals surface area contributed by atoms with E-state index < -0.39 is 0 Å². The number of nitrogens with one attached hydrogen (secondary N) is 1. The molecule has 2 N–H and O–H groups in total. The lowest BCUT2D eigenvalue weighted by Gasteiger charge is -2.09. The van der Waals surface area contributed by atoms with Gasteiger partial charge in [0.25, 0.3) is 0 Å². The average molecular weight is 277 g/mol. The van der Waals surface area contributed by atoms with Crippen LogP contribution in [0.1, 0.15) is 18.1 Å². The average Bonchev–Trinajstić information content (AvgIpc) is 2.15. The molecular weight excluding hydrogens is 265 g/mol. The maximum atomic E-state index is 9.61. The Labute approximate surface area is 86.5 Å². The third kappa shape index (κ3) is 3.08. The molecule has 0 fully saturated rings. The molecule has 1 aromatic carbocycles. The first-order valence-electron chi connectivity index (χ1n) is 3.91. The topological polar surface area (TPSA) is 32.3 Å². The molecule has 0 amide bonds. The number of benzene rings is 1. The fraction of sp³-hybridized carbons (Fsp3) is 0.333. The Balaban J connectivity index is 2.48. The van der Waals surface area contributed by atoms with Crippen LogP contribution in [0.15, 0.2) is 30.3 Å². The molecule has 0 radical (unpaired) electrons. The highest BCUT2D eigenvalue weighted by atomic mass is 127. The minimum absolute atomic E-state index is 0.339. The van der Waals surface area contributed by atoms with Gasteiger partial charge in [-0.1, -0.05) is 30.3 Å². The molecule has 0 saturated carbocycles. The highest BCUT2D eigenvalue weighted by Gasteiger charge is 2.04. The maximum absolute atomic E-state index is 9.61. The van der Waals surface area contributed by atoms with E-state index in [4.69, 9.17) is 0 Å². The van der Waals surface area contributed by atoms with E-state index in [1.165, 1.54) is 0 Å². The Bertz CT molecular complexity index is 215. The second-order valence-corrected chi connectivity index (χ2v) is 3.36. The molecule has 1 atom stereocenters. The Morgan fingerprint density at radius 2 is 2.00 bits per heavy atom. The van der Waals surface area contributed by atoms with Crippen LogP contribution in [0.5, 0.6) is 0 Å². The normalized spacial score (nSPS) is 12.8. The van der Waals surface area contributed by atoms with Gasteiger partial charge in [0.15, 0.2) is 0 Å². The van der Waals surface area contributed by atoms with Crippen molar-refractivity contribution in [1.29, 1.82) is 0 Å². The van der Waals surface area contributed by atoms with Crippen LogP contribution in [0.4, 0.5) is 0 Å². The van der Waals surface area contributed by atoms with E-state index in [9.17, 15) is 5.11 Å². The van der Waals surface area contributed by atoms with Gasteiger partial charge in [-0.05, 0) is 12.0 Å². The van der Waals surface area contributed by atoms with E-state index in [0.29, 0.717) is 0 Å². The molecule has 0 aliphatic heterocycles. The predicted octanol–water partition coefficient (Wildman–Crippen LogP) is 2.05. The Morgan fingerprint density at radius 3 is 2.58 bits per heavy atom. The number of rotatable bonds is 4. The molecule has 66 valence electrons. The van der Waals surface area contributed by atoms with Crippen LogP contribution < -0.4 is 3.53 Å². The predicted molar refractivity (Wildman–Crippen MR) is 58.0 cm³/mol. The van der Waals surface area contributed by atoms with Crippen LogP contribution in [0.25, 0.3) is 0 Å². The number of halogens is 1. The first kappa shape index (κ1) is 9.95. The monoisotopic (exact) mass is 277 g/mol. The molecule has 12 heavy (non-hydrogen) atoms. The lowest BCUT2D eigenvalue weighted by atomic mass is 10.1. The van der Waals surface area contributed by atoms with Crippen LogP contribution in [0.3, 0.4) is 0 Å². The van der Waals surface area contributed by atoms with Crippen molar-refractivity contribution < 1.29 is 5.11 Å². The van der Waals surface area contributed by atoms with E-state index >= 15 is 0 Å². The van der Waals surface area contributed by atoms with Crippen molar-refractivity contribution in [1.82, 2.24) is 3.53 Å². The molecule has 3 heteroatoms. The van der Waals surface area contributed by atoms with Crippen LogP contribution in [0, 0.1) is 0 Å². The van der Waals surface area contributed by atoms with E-state index in [0.717, 1.165) is 18.5 Å². The van der Waals surface area contributed by atoms with Gasteiger partial charge in [-0.15, -0.1) is 0 Å². The Morgan fingerprint density at radius 1 is 1.33 bits per heavy atom. The fourth-order valence-corrected chi connectivity index (χ4v) is 1.34. The molecule has 0 bridgehead atoms. The molecule has 1 aromatic rings. The smallest absolute Gasteiger partial charge is 0.0802 e. The standard InChI is InChI=1S/C9H12INO/c10-11-7-6-9(12)8-4-2-1-3-5-8/h1-5,9,11-12H,6-7H2. The van der Waals surface area contributed by atoms with Crippen molar-refractivity contribution in [3.8, 4) is 0 Å². The Kier molecular flexibility index (Phi) is 4.57. The van der Waals surface area contributed by atoms with E-state index in [1.54, 1.807) is 0 Å². The molecular formula is C9H12INO. The third-order valence-electron chi connectivity index (χ3n) is 1.70. The van der Waals surface area contributed by atoms with Crippen molar-refractivity contribution in [2.75, 3.05) is 6.54 Å². The summed E-state index contributed by atoms with van der Waals surface area (Å²) in [6.07, 6.45) is 0.418. The number of hydrogen-bond donors (Lipinski definition) is 2. The van der Waals surface area contributed by atoms with Gasteiger partial charge in [-0.2, -0.15) is 0 Å². The number of aliphatic hydroxyl groups is 1. The van der Waals surface area contributed by atoms with Crippen molar-refractivity contribution in [3.05, 3.63) is 35.9 Å².